The van der Waals surface area contributed by atoms with E-state index in [4.69, 9.17) is 5.73 Å². The zero-order valence-electron chi connectivity index (χ0n) is 8.76. The zero-order chi connectivity index (χ0) is 11.5. The largest absolute Gasteiger partial charge is 0.319 e. The third-order valence-corrected chi connectivity index (χ3v) is 2.26. The van der Waals surface area contributed by atoms with Crippen molar-refractivity contribution in [2.45, 2.75) is 13.0 Å². The lowest BCUT2D eigenvalue weighted by molar-refractivity contribution is 0.590. The van der Waals surface area contributed by atoms with E-state index in [-0.39, 0.29) is 0 Å². The third-order valence-electron chi connectivity index (χ3n) is 2.26. The quantitative estimate of drug-likeness (QED) is 0.826. The minimum atomic E-state index is -0.615. The van der Waals surface area contributed by atoms with Gasteiger partial charge in [0.1, 0.15) is 5.82 Å². The van der Waals surface area contributed by atoms with E-state index >= 15 is 0 Å². The van der Waals surface area contributed by atoms with E-state index in [0.717, 1.165) is 11.9 Å². The number of hydrogen-bond acceptors (Lipinski definition) is 4. The maximum Gasteiger partial charge on any atom is 0.146 e. The fraction of sp³-hybridized carbons (Fsp3) is 0.182. The summed E-state index contributed by atoms with van der Waals surface area (Å²) in [4.78, 5) is 11.9. The van der Waals surface area contributed by atoms with Crippen molar-refractivity contribution in [3.05, 3.63) is 53.6 Å². The van der Waals surface area contributed by atoms with Crippen molar-refractivity contribution < 1.29 is 4.39 Å². The van der Waals surface area contributed by atoms with E-state index in [0.29, 0.717) is 11.3 Å². The first-order valence-corrected chi connectivity index (χ1v) is 4.82. The second-order valence-corrected chi connectivity index (χ2v) is 3.46. The molecule has 4 nitrogen and oxygen atoms in total. The first-order chi connectivity index (χ1) is 7.68. The van der Waals surface area contributed by atoms with Crippen LogP contribution in [0.2, 0.25) is 0 Å². The number of hydrogen-bond donors (Lipinski definition) is 1. The Morgan fingerprint density at radius 3 is 2.69 bits per heavy atom. The maximum atomic E-state index is 13.4. The molecule has 0 saturated carbocycles. The molecule has 16 heavy (non-hydrogen) atoms. The van der Waals surface area contributed by atoms with Crippen molar-refractivity contribution in [1.29, 1.82) is 0 Å². The smallest absolute Gasteiger partial charge is 0.146 e. The van der Waals surface area contributed by atoms with Crippen LogP contribution in [0.1, 0.15) is 23.0 Å². The minimum Gasteiger partial charge on any atom is -0.319 e. The molecule has 2 N–H and O–H groups in total. The lowest BCUT2D eigenvalue weighted by Crippen LogP contribution is -2.15. The van der Waals surface area contributed by atoms with Gasteiger partial charge in [0.2, 0.25) is 0 Å². The zero-order valence-corrected chi connectivity index (χ0v) is 8.76. The Labute approximate surface area is 92.4 Å². The Hall–Kier alpha value is -1.88. The molecule has 0 bridgehead atoms. The van der Waals surface area contributed by atoms with E-state index < -0.39 is 11.9 Å². The van der Waals surface area contributed by atoms with Crippen molar-refractivity contribution in [2.24, 2.45) is 5.73 Å². The highest BCUT2D eigenvalue weighted by molar-refractivity contribution is 5.25. The Bertz CT molecular complexity index is 484. The van der Waals surface area contributed by atoms with Gasteiger partial charge in [0, 0.05) is 18.0 Å². The molecule has 0 amide bonds. The summed E-state index contributed by atoms with van der Waals surface area (Å²) in [5.41, 5.74) is 7.60. The molecule has 2 aromatic heterocycles. The van der Waals surface area contributed by atoms with E-state index in [1.54, 1.807) is 18.5 Å². The number of rotatable bonds is 2. The van der Waals surface area contributed by atoms with Gasteiger partial charge in [-0.1, -0.05) is 0 Å². The molecule has 0 fully saturated rings. The van der Waals surface area contributed by atoms with Crippen molar-refractivity contribution in [1.82, 2.24) is 15.0 Å². The van der Waals surface area contributed by atoms with Gasteiger partial charge < -0.3 is 5.73 Å². The van der Waals surface area contributed by atoms with Crippen LogP contribution in [0.5, 0.6) is 0 Å². The van der Waals surface area contributed by atoms with Crippen molar-refractivity contribution in [3.8, 4) is 0 Å². The van der Waals surface area contributed by atoms with Crippen molar-refractivity contribution >= 4 is 0 Å². The summed E-state index contributed by atoms with van der Waals surface area (Å²) in [5.74, 6) is -0.433. The average Bonchev–Trinajstić information content (AvgIpc) is 2.30. The molecule has 0 radical (unpaired) electrons. The number of nitrogens with zero attached hydrogens (tertiary/aromatic N) is 3. The fourth-order valence-electron chi connectivity index (χ4n) is 1.36. The Morgan fingerprint density at radius 1 is 1.25 bits per heavy atom. The monoisotopic (exact) mass is 218 g/mol. The summed E-state index contributed by atoms with van der Waals surface area (Å²) in [5, 5.41) is 0. The summed E-state index contributed by atoms with van der Waals surface area (Å²) >= 11 is 0. The van der Waals surface area contributed by atoms with Gasteiger partial charge in [-0.3, -0.25) is 15.0 Å². The van der Waals surface area contributed by atoms with Crippen LogP contribution in [0.15, 0.2) is 30.9 Å². The normalized spacial score (nSPS) is 12.4. The van der Waals surface area contributed by atoms with Crippen molar-refractivity contribution in [3.63, 3.8) is 0 Å². The molecule has 1 unspecified atom stereocenters. The Morgan fingerprint density at radius 2 is 2.06 bits per heavy atom. The summed E-state index contributed by atoms with van der Waals surface area (Å²) in [6.07, 6.45) is 5.80. The summed E-state index contributed by atoms with van der Waals surface area (Å²) in [6, 6.07) is 0.928. The highest BCUT2D eigenvalue weighted by Gasteiger charge is 2.14. The molecule has 0 spiro atoms. The maximum absolute atomic E-state index is 13.4. The van der Waals surface area contributed by atoms with Gasteiger partial charge in [0.15, 0.2) is 0 Å². The summed E-state index contributed by atoms with van der Waals surface area (Å²) in [7, 11) is 0. The average molecular weight is 218 g/mol. The third kappa shape index (κ3) is 2.04. The van der Waals surface area contributed by atoms with Gasteiger partial charge in [-0.05, 0) is 13.0 Å². The fourth-order valence-corrected chi connectivity index (χ4v) is 1.36. The molecule has 2 heterocycles. The summed E-state index contributed by atoms with van der Waals surface area (Å²) < 4.78 is 13.4. The van der Waals surface area contributed by atoms with E-state index in [9.17, 15) is 4.39 Å². The second kappa shape index (κ2) is 4.32. The van der Waals surface area contributed by atoms with Crippen LogP contribution in [-0.4, -0.2) is 15.0 Å². The molecule has 2 aromatic rings. The lowest BCUT2D eigenvalue weighted by Gasteiger charge is -2.11. The van der Waals surface area contributed by atoms with Crippen LogP contribution >= 0.6 is 0 Å². The van der Waals surface area contributed by atoms with E-state index in [1.807, 2.05) is 6.92 Å². The number of aromatic nitrogens is 3. The minimum absolute atomic E-state index is 0.369. The Balaban J connectivity index is 2.35. The summed E-state index contributed by atoms with van der Waals surface area (Å²) in [6.45, 7) is 1.83. The molecule has 5 heteroatoms. The van der Waals surface area contributed by atoms with Crippen LogP contribution in [-0.2, 0) is 0 Å². The van der Waals surface area contributed by atoms with E-state index in [1.165, 1.54) is 6.20 Å². The van der Waals surface area contributed by atoms with Gasteiger partial charge >= 0.3 is 0 Å². The van der Waals surface area contributed by atoms with Gasteiger partial charge in [0.05, 0.1) is 29.8 Å². The molecule has 82 valence electrons. The molecule has 0 aliphatic carbocycles. The lowest BCUT2D eigenvalue weighted by atomic mass is 10.1. The predicted octanol–water partition coefficient (Wildman–Crippen LogP) is 1.37. The topological polar surface area (TPSA) is 64.7 Å². The van der Waals surface area contributed by atoms with Crippen LogP contribution in [0.4, 0.5) is 4.39 Å². The number of aryl methyl sites for hydroxylation is 1. The van der Waals surface area contributed by atoms with Gasteiger partial charge in [0.25, 0.3) is 0 Å². The Kier molecular flexibility index (Phi) is 2.87. The predicted molar refractivity (Wildman–Crippen MR) is 57.0 cm³/mol. The van der Waals surface area contributed by atoms with Gasteiger partial charge in [-0.15, -0.1) is 0 Å². The molecular weight excluding hydrogens is 207 g/mol. The number of pyridine rings is 1. The van der Waals surface area contributed by atoms with Crippen LogP contribution in [0, 0.1) is 12.7 Å². The van der Waals surface area contributed by atoms with Crippen LogP contribution < -0.4 is 5.73 Å². The van der Waals surface area contributed by atoms with Gasteiger partial charge in [-0.25, -0.2) is 4.39 Å². The second-order valence-electron chi connectivity index (χ2n) is 3.46. The molecule has 1 atom stereocenters. The molecule has 0 aliphatic heterocycles. The first-order valence-electron chi connectivity index (χ1n) is 4.82. The molecule has 0 aliphatic rings. The van der Waals surface area contributed by atoms with E-state index in [2.05, 4.69) is 15.0 Å². The molecule has 2 rings (SSSR count). The highest BCUT2D eigenvalue weighted by atomic mass is 19.1. The van der Waals surface area contributed by atoms with Crippen LogP contribution in [0.25, 0.3) is 0 Å². The van der Waals surface area contributed by atoms with Crippen LogP contribution in [0.3, 0.4) is 0 Å². The highest BCUT2D eigenvalue weighted by Crippen LogP contribution is 2.18. The standard InChI is InChI=1S/C11H11FN4/c1-7-4-16-10(6-15-7)11(13)8-2-3-14-5-9(8)12/h2-6,11H,13H2,1H3. The van der Waals surface area contributed by atoms with Gasteiger partial charge in [-0.2, -0.15) is 0 Å². The molecule has 0 saturated heterocycles. The number of halogens is 1. The number of nitrogens with two attached hydrogens (primary N) is 1. The molecular formula is C11H11FN4. The van der Waals surface area contributed by atoms with Crippen molar-refractivity contribution in [2.75, 3.05) is 0 Å². The molecule has 0 aromatic carbocycles. The SMILES string of the molecule is Cc1cnc(C(N)c2ccncc2F)cn1. The first kappa shape index (κ1) is 10.6.